The lowest BCUT2D eigenvalue weighted by Gasteiger charge is -2.25. The van der Waals surface area contributed by atoms with Crippen LogP contribution in [0.2, 0.25) is 0 Å². The van der Waals surface area contributed by atoms with E-state index < -0.39 is 27.1 Å². The van der Waals surface area contributed by atoms with Crippen LogP contribution in [0, 0.1) is 0 Å². The summed E-state index contributed by atoms with van der Waals surface area (Å²) in [5.41, 5.74) is 2.33. The standard InChI is InChI=1S/C36H34BrN3O6S/c1-5-45-32-25-14-10-18-38-31(25)33(46-6-2)26-20-40(34(41)30(26)32)29-17-16-22(19-28(29)37)21-47(43,44)39-35(42)36(3,4)27-15-9-12-23-11-7-8-13-24(23)27/h7-19H,5-6,20-21H2,1-4H3,(H,39,42). The van der Waals surface area contributed by atoms with Gasteiger partial charge >= 0.3 is 0 Å². The molecule has 9 nitrogen and oxygen atoms in total. The van der Waals surface area contributed by atoms with E-state index in [2.05, 4.69) is 25.6 Å². The zero-order valence-corrected chi connectivity index (χ0v) is 28.9. The molecule has 6 rings (SSSR count). The average molecular weight is 717 g/mol. The van der Waals surface area contributed by atoms with E-state index in [1.807, 2.05) is 62.4 Å². The number of aromatic nitrogens is 1. The summed E-state index contributed by atoms with van der Waals surface area (Å²) in [5, 5.41) is 2.54. The maximum absolute atomic E-state index is 14.0. The van der Waals surface area contributed by atoms with Crippen LogP contribution in [0.3, 0.4) is 0 Å². The molecule has 0 saturated heterocycles. The fraction of sp³-hybridized carbons (Fsp3) is 0.250. The number of hydrogen-bond donors (Lipinski definition) is 1. The minimum atomic E-state index is -4.07. The second kappa shape index (κ2) is 12.6. The van der Waals surface area contributed by atoms with Gasteiger partial charge in [0, 0.05) is 21.6 Å². The summed E-state index contributed by atoms with van der Waals surface area (Å²) < 4.78 is 41.4. The molecule has 47 heavy (non-hydrogen) atoms. The first kappa shape index (κ1) is 32.5. The summed E-state index contributed by atoms with van der Waals surface area (Å²) in [4.78, 5) is 33.5. The molecule has 4 aromatic carbocycles. The van der Waals surface area contributed by atoms with Crippen molar-refractivity contribution >= 4 is 65.1 Å². The van der Waals surface area contributed by atoms with Crippen molar-refractivity contribution in [1.82, 2.24) is 9.71 Å². The Balaban J connectivity index is 1.26. The number of fused-ring (bicyclic) bond motifs is 3. The summed E-state index contributed by atoms with van der Waals surface area (Å²) in [6.07, 6.45) is 1.68. The Hall–Kier alpha value is -4.48. The van der Waals surface area contributed by atoms with Crippen molar-refractivity contribution in [3.8, 4) is 11.5 Å². The van der Waals surface area contributed by atoms with Crippen LogP contribution in [-0.2, 0) is 32.5 Å². The predicted molar refractivity (Wildman–Crippen MR) is 186 cm³/mol. The van der Waals surface area contributed by atoms with Crippen molar-refractivity contribution in [3.05, 3.63) is 106 Å². The number of halogens is 1. The number of pyridine rings is 1. The lowest BCUT2D eigenvalue weighted by molar-refractivity contribution is -0.123. The molecule has 1 aromatic heterocycles. The van der Waals surface area contributed by atoms with E-state index in [1.165, 1.54) is 0 Å². The second-order valence-corrected chi connectivity index (χ2v) is 14.4. The number of ether oxygens (including phenoxy) is 2. The molecule has 1 aliphatic rings. The number of anilines is 1. The summed E-state index contributed by atoms with van der Waals surface area (Å²) in [6, 6.07) is 22.0. The number of benzene rings is 4. The highest BCUT2D eigenvalue weighted by atomic mass is 79.9. The first-order chi connectivity index (χ1) is 22.5. The van der Waals surface area contributed by atoms with Crippen LogP contribution in [0.5, 0.6) is 11.5 Å². The molecular formula is C36H34BrN3O6S. The third-order valence-corrected chi connectivity index (χ3v) is 10.2. The van der Waals surface area contributed by atoms with Crippen LogP contribution < -0.4 is 19.1 Å². The molecule has 242 valence electrons. The van der Waals surface area contributed by atoms with Crippen molar-refractivity contribution in [2.45, 2.75) is 45.4 Å². The number of nitrogens with zero attached hydrogens (tertiary/aromatic N) is 2. The lowest BCUT2D eigenvalue weighted by Crippen LogP contribution is -2.43. The van der Waals surface area contributed by atoms with Gasteiger partial charge in [0.05, 0.1) is 42.2 Å². The van der Waals surface area contributed by atoms with E-state index in [-0.39, 0.29) is 12.5 Å². The largest absolute Gasteiger partial charge is 0.492 e. The smallest absolute Gasteiger partial charge is 0.262 e. The van der Waals surface area contributed by atoms with Crippen LogP contribution >= 0.6 is 15.9 Å². The van der Waals surface area contributed by atoms with Gasteiger partial charge in [-0.3, -0.25) is 19.3 Å². The summed E-state index contributed by atoms with van der Waals surface area (Å²) >= 11 is 3.56. The van der Waals surface area contributed by atoms with Crippen molar-refractivity contribution in [1.29, 1.82) is 0 Å². The first-order valence-electron chi connectivity index (χ1n) is 15.3. The zero-order chi connectivity index (χ0) is 33.5. The van der Waals surface area contributed by atoms with Gasteiger partial charge in [0.25, 0.3) is 5.91 Å². The number of carbonyl (C=O) groups is 2. The fourth-order valence-electron chi connectivity index (χ4n) is 6.10. The molecule has 5 aromatic rings. The number of amides is 2. The normalized spacial score (nSPS) is 13.2. The third kappa shape index (κ3) is 5.94. The van der Waals surface area contributed by atoms with Gasteiger partial charge < -0.3 is 14.4 Å². The number of hydrogen-bond acceptors (Lipinski definition) is 7. The Morgan fingerprint density at radius 3 is 2.40 bits per heavy atom. The maximum Gasteiger partial charge on any atom is 0.262 e. The third-order valence-electron chi connectivity index (χ3n) is 8.36. The van der Waals surface area contributed by atoms with Crippen LogP contribution in [0.15, 0.2) is 83.5 Å². The van der Waals surface area contributed by atoms with E-state index in [1.54, 1.807) is 49.2 Å². The summed E-state index contributed by atoms with van der Waals surface area (Å²) in [7, 11) is -4.07. The molecular weight excluding hydrogens is 682 g/mol. The lowest BCUT2D eigenvalue weighted by atomic mass is 9.81. The minimum Gasteiger partial charge on any atom is -0.492 e. The molecule has 0 aliphatic carbocycles. The van der Waals surface area contributed by atoms with Gasteiger partial charge in [-0.15, -0.1) is 0 Å². The van der Waals surface area contributed by atoms with Crippen LogP contribution in [0.1, 0.15) is 54.7 Å². The molecule has 1 N–H and O–H groups in total. The van der Waals surface area contributed by atoms with Gasteiger partial charge in [-0.2, -0.15) is 0 Å². The summed E-state index contributed by atoms with van der Waals surface area (Å²) in [6.45, 7) is 8.13. The molecule has 0 spiro atoms. The number of rotatable bonds is 10. The second-order valence-electron chi connectivity index (χ2n) is 11.8. The highest BCUT2D eigenvalue weighted by Crippen LogP contribution is 2.46. The van der Waals surface area contributed by atoms with E-state index in [0.29, 0.717) is 62.5 Å². The van der Waals surface area contributed by atoms with E-state index >= 15 is 0 Å². The molecule has 2 amide bonds. The van der Waals surface area contributed by atoms with Gasteiger partial charge in [0.15, 0.2) is 5.75 Å². The van der Waals surface area contributed by atoms with Crippen molar-refractivity contribution in [3.63, 3.8) is 0 Å². The molecule has 11 heteroatoms. The van der Waals surface area contributed by atoms with Gasteiger partial charge in [0.1, 0.15) is 11.3 Å². The molecule has 0 radical (unpaired) electrons. The Labute approximate surface area is 282 Å². The molecule has 0 atom stereocenters. The topological polar surface area (TPSA) is 115 Å². The summed E-state index contributed by atoms with van der Waals surface area (Å²) in [5.74, 6) is -0.320. The average Bonchev–Trinajstić information content (AvgIpc) is 3.38. The monoisotopic (exact) mass is 715 g/mol. The van der Waals surface area contributed by atoms with E-state index in [0.717, 1.165) is 16.3 Å². The predicted octanol–water partition coefficient (Wildman–Crippen LogP) is 7.03. The van der Waals surface area contributed by atoms with E-state index in [9.17, 15) is 18.0 Å². The van der Waals surface area contributed by atoms with Crippen molar-refractivity contribution < 1.29 is 27.5 Å². The molecule has 1 aliphatic heterocycles. The minimum absolute atomic E-state index is 0.214. The number of carbonyl (C=O) groups excluding carboxylic acids is 2. The highest BCUT2D eigenvalue weighted by molar-refractivity contribution is 9.10. The Kier molecular flexibility index (Phi) is 8.71. The Morgan fingerprint density at radius 1 is 0.957 bits per heavy atom. The van der Waals surface area contributed by atoms with Crippen LogP contribution in [0.25, 0.3) is 21.7 Å². The van der Waals surface area contributed by atoms with Crippen molar-refractivity contribution in [2.24, 2.45) is 0 Å². The SMILES string of the molecule is CCOc1c2c(c(OCC)c3ncccc13)CN(c1ccc(CS(=O)(=O)NC(=O)C(C)(C)c3cccc4ccccc34)cc1Br)C2=O. The van der Waals surface area contributed by atoms with Gasteiger partial charge in [-0.25, -0.2) is 8.42 Å². The quantitative estimate of drug-likeness (QED) is 0.165. The first-order valence-corrected chi connectivity index (χ1v) is 17.7. The van der Waals surface area contributed by atoms with Crippen molar-refractivity contribution in [2.75, 3.05) is 18.1 Å². The molecule has 0 bridgehead atoms. The maximum atomic E-state index is 14.0. The molecule has 2 heterocycles. The van der Waals surface area contributed by atoms with Gasteiger partial charge in [-0.1, -0.05) is 48.5 Å². The highest BCUT2D eigenvalue weighted by Gasteiger charge is 2.38. The van der Waals surface area contributed by atoms with Crippen LogP contribution in [-0.4, -0.2) is 38.4 Å². The molecule has 0 unspecified atom stereocenters. The number of sulfonamides is 1. The Morgan fingerprint density at radius 2 is 1.66 bits per heavy atom. The van der Waals surface area contributed by atoms with E-state index in [4.69, 9.17) is 9.47 Å². The molecule has 0 saturated carbocycles. The number of nitrogens with one attached hydrogen (secondary N) is 1. The zero-order valence-electron chi connectivity index (χ0n) is 26.5. The molecule has 0 fully saturated rings. The fourth-order valence-corrected chi connectivity index (χ4v) is 7.97. The van der Waals surface area contributed by atoms with Gasteiger partial charge in [0.2, 0.25) is 15.9 Å². The van der Waals surface area contributed by atoms with Crippen LogP contribution in [0.4, 0.5) is 5.69 Å². The Bertz CT molecular complexity index is 2160. The van der Waals surface area contributed by atoms with Gasteiger partial charge in [-0.05, 0) is 89.8 Å².